The van der Waals surface area contributed by atoms with Crippen LogP contribution in [0.5, 0.6) is 0 Å². The summed E-state index contributed by atoms with van der Waals surface area (Å²) in [5.74, 6) is -31.7. The summed E-state index contributed by atoms with van der Waals surface area (Å²) in [5, 5.41) is 0. The zero-order valence-corrected chi connectivity index (χ0v) is 10.8. The third kappa shape index (κ3) is 4.38. The number of rotatable bonds is 3. The smallest absolute Gasteiger partial charge is 0.460 e. The molecule has 0 aliphatic rings. The van der Waals surface area contributed by atoms with Crippen molar-refractivity contribution in [1.29, 1.82) is 0 Å². The van der Waals surface area contributed by atoms with Crippen molar-refractivity contribution in [2.75, 3.05) is 0 Å². The Labute approximate surface area is 123 Å². The lowest BCUT2D eigenvalue weighted by atomic mass is 9.98. The Morgan fingerprint density at radius 1 is 0.542 bits per heavy atom. The summed E-state index contributed by atoms with van der Waals surface area (Å²) in [6, 6.07) is 0. The molecule has 1 atom stereocenters. The van der Waals surface area contributed by atoms with E-state index < -0.39 is 47.4 Å². The first kappa shape index (κ1) is 25.3. The van der Waals surface area contributed by atoms with Gasteiger partial charge in [-0.3, -0.25) is 0 Å². The molecule has 1 N–H and O–H groups in total. The molecule has 0 saturated carbocycles. The van der Waals surface area contributed by atoms with Gasteiger partial charge in [0.2, 0.25) is 0 Å². The fourth-order valence-electron chi connectivity index (χ4n) is 0.750. The predicted molar refractivity (Wildman–Crippen MR) is 43.4 cm³/mol. The zero-order chi connectivity index (χ0) is 20.6. The van der Waals surface area contributed by atoms with Crippen LogP contribution in [0.4, 0.5) is 61.5 Å². The van der Waals surface area contributed by atoms with Gasteiger partial charge in [-0.2, -0.15) is 61.5 Å². The summed E-state index contributed by atoms with van der Waals surface area (Å²) >= 11 is -2.86. The van der Waals surface area contributed by atoms with Crippen LogP contribution in [0.15, 0.2) is 0 Å². The van der Waals surface area contributed by atoms with Gasteiger partial charge in [0, 0.05) is 0 Å². The Morgan fingerprint density at radius 2 is 0.667 bits per heavy atom. The second-order valence-electron chi connectivity index (χ2n) is 3.51. The van der Waals surface area contributed by atoms with Crippen LogP contribution >= 0.6 is 0 Å². The Kier molecular flexibility index (Phi) is 7.15. The van der Waals surface area contributed by atoms with E-state index in [0.29, 0.717) is 0 Å². The SMILES string of the molecule is FC(F)(F)C(F)(F)C(F)(F)C(F)(F)C(F)(F)C(F)(F)F.O=S([O-])O. The molecule has 148 valence electrons. The van der Waals surface area contributed by atoms with Gasteiger partial charge in [-0.1, -0.05) is 0 Å². The largest absolute Gasteiger partial charge is 0.750 e. The van der Waals surface area contributed by atoms with Crippen molar-refractivity contribution < 1.29 is 74.8 Å². The van der Waals surface area contributed by atoms with Crippen LogP contribution in [0.25, 0.3) is 0 Å². The van der Waals surface area contributed by atoms with Crippen LogP contribution in [-0.2, 0) is 11.4 Å². The minimum absolute atomic E-state index is 2.86. The number of hydrogen-bond donors (Lipinski definition) is 1. The second-order valence-corrected chi connectivity index (χ2v) is 3.94. The van der Waals surface area contributed by atoms with E-state index in [-0.39, 0.29) is 0 Å². The van der Waals surface area contributed by atoms with Gasteiger partial charge >= 0.3 is 36.0 Å². The first-order chi connectivity index (χ1) is 9.98. The van der Waals surface area contributed by atoms with Crippen LogP contribution in [0.1, 0.15) is 0 Å². The molecule has 0 aromatic heterocycles. The van der Waals surface area contributed by atoms with Gasteiger partial charge < -0.3 is 9.11 Å². The van der Waals surface area contributed by atoms with E-state index in [0.717, 1.165) is 0 Å². The van der Waals surface area contributed by atoms with Crippen molar-refractivity contribution in [2.45, 2.75) is 36.0 Å². The van der Waals surface area contributed by atoms with Crippen molar-refractivity contribution >= 4 is 11.4 Å². The minimum Gasteiger partial charge on any atom is -0.750 e. The monoisotopic (exact) mass is 419 g/mol. The molecular weight excluding hydrogens is 418 g/mol. The molecule has 0 spiro atoms. The average molecular weight is 419 g/mol. The molecule has 0 radical (unpaired) electrons. The van der Waals surface area contributed by atoms with Crippen LogP contribution in [0.2, 0.25) is 0 Å². The normalized spacial score (nSPS) is 16.3. The maximum Gasteiger partial charge on any atom is 0.460 e. The van der Waals surface area contributed by atoms with E-state index in [1.807, 2.05) is 0 Å². The van der Waals surface area contributed by atoms with Crippen molar-refractivity contribution in [1.82, 2.24) is 0 Å². The van der Waals surface area contributed by atoms with Crippen LogP contribution in [0, 0.1) is 0 Å². The van der Waals surface area contributed by atoms with Crippen LogP contribution in [0.3, 0.4) is 0 Å². The van der Waals surface area contributed by atoms with Gasteiger partial charge in [-0.25, -0.2) is 4.21 Å². The van der Waals surface area contributed by atoms with Crippen molar-refractivity contribution in [2.24, 2.45) is 0 Å². The molecule has 18 heteroatoms. The van der Waals surface area contributed by atoms with Gasteiger partial charge in [0.05, 0.1) is 11.4 Å². The molecule has 0 aromatic rings. The number of hydrogen-bond acceptors (Lipinski definition) is 2. The maximum atomic E-state index is 12.3. The van der Waals surface area contributed by atoms with E-state index >= 15 is 0 Å². The zero-order valence-electron chi connectivity index (χ0n) is 9.96. The molecule has 3 nitrogen and oxygen atoms in total. The Morgan fingerprint density at radius 3 is 0.750 bits per heavy atom. The Balaban J connectivity index is 0. The summed E-state index contributed by atoms with van der Waals surface area (Å²) < 4.78 is 190. The standard InChI is InChI=1S/C6F14.H2O3S/c7-1(8,3(11,12)5(15,16)17)2(9,10)4(13,14)6(18,19)20;1-4(2)3/h;(H2,1,2,3)/p-1. The first-order valence-corrected chi connectivity index (χ1v) is 5.44. The fourth-order valence-corrected chi connectivity index (χ4v) is 0.750. The highest BCUT2D eigenvalue weighted by molar-refractivity contribution is 7.73. The summed E-state index contributed by atoms with van der Waals surface area (Å²) in [7, 11) is 0. The lowest BCUT2D eigenvalue weighted by Gasteiger charge is -2.37. The summed E-state index contributed by atoms with van der Waals surface area (Å²) in [6.45, 7) is 0. The predicted octanol–water partition coefficient (Wildman–Crippen LogP) is 3.99. The second kappa shape index (κ2) is 6.77. The summed E-state index contributed by atoms with van der Waals surface area (Å²) in [6.07, 6.45) is -15.0. The molecule has 0 aliphatic heterocycles. The lowest BCUT2D eigenvalue weighted by Crippen LogP contribution is -2.69. The summed E-state index contributed by atoms with van der Waals surface area (Å²) in [4.78, 5) is 0. The highest BCUT2D eigenvalue weighted by atomic mass is 32.2. The van der Waals surface area contributed by atoms with Gasteiger partial charge in [-0.05, 0) is 0 Å². The maximum absolute atomic E-state index is 12.3. The average Bonchev–Trinajstić information content (AvgIpc) is 2.23. The van der Waals surface area contributed by atoms with Gasteiger partial charge in [0.1, 0.15) is 0 Å². The quantitative estimate of drug-likeness (QED) is 0.556. The van der Waals surface area contributed by atoms with Crippen molar-refractivity contribution in [3.8, 4) is 0 Å². The third-order valence-corrected chi connectivity index (χ3v) is 1.90. The van der Waals surface area contributed by atoms with Crippen LogP contribution in [-0.4, -0.2) is 49.4 Å². The van der Waals surface area contributed by atoms with Gasteiger partial charge in [-0.15, -0.1) is 0 Å². The van der Waals surface area contributed by atoms with Crippen molar-refractivity contribution in [3.63, 3.8) is 0 Å². The molecule has 24 heavy (non-hydrogen) atoms. The molecule has 1 unspecified atom stereocenters. The first-order valence-electron chi connectivity index (χ1n) is 4.41. The molecular formula is C6HF14O3S-. The molecule has 0 heterocycles. The highest BCUT2D eigenvalue weighted by Crippen LogP contribution is 2.60. The summed E-state index contributed by atoms with van der Waals surface area (Å²) in [5.41, 5.74) is 0. The topological polar surface area (TPSA) is 60.4 Å². The number of alkyl halides is 14. The van der Waals surface area contributed by atoms with E-state index in [1.54, 1.807) is 0 Å². The van der Waals surface area contributed by atoms with E-state index in [9.17, 15) is 61.5 Å². The molecule has 0 saturated heterocycles. The van der Waals surface area contributed by atoms with Crippen LogP contribution < -0.4 is 0 Å². The van der Waals surface area contributed by atoms with Gasteiger partial charge in [0.25, 0.3) is 0 Å². The minimum atomic E-state index is -8.04. The number of halogens is 14. The van der Waals surface area contributed by atoms with E-state index in [4.69, 9.17) is 13.3 Å². The molecule has 0 bridgehead atoms. The molecule has 0 aliphatic carbocycles. The fraction of sp³-hybridized carbons (Fsp3) is 1.00. The molecule has 0 fully saturated rings. The van der Waals surface area contributed by atoms with Gasteiger partial charge in [0.15, 0.2) is 0 Å². The molecule has 0 amide bonds. The van der Waals surface area contributed by atoms with E-state index in [2.05, 4.69) is 0 Å². The molecule has 0 aromatic carbocycles. The lowest BCUT2D eigenvalue weighted by molar-refractivity contribution is -0.451. The highest BCUT2D eigenvalue weighted by Gasteiger charge is 2.91. The Bertz CT molecular complexity index is 410. The molecule has 0 rings (SSSR count). The Hall–Kier alpha value is -0.910. The van der Waals surface area contributed by atoms with Crippen molar-refractivity contribution in [3.05, 3.63) is 0 Å². The third-order valence-electron chi connectivity index (χ3n) is 1.90. The van der Waals surface area contributed by atoms with E-state index in [1.165, 1.54) is 0 Å².